The third-order valence-electron chi connectivity index (χ3n) is 4.91. The van der Waals surface area contributed by atoms with Gasteiger partial charge in [-0.15, -0.1) is 11.3 Å². The van der Waals surface area contributed by atoms with E-state index in [1.807, 2.05) is 66.9 Å². The Kier molecular flexibility index (Phi) is 4.30. The first-order valence-corrected chi connectivity index (χ1v) is 10.7. The van der Waals surface area contributed by atoms with Gasteiger partial charge < -0.3 is 9.15 Å². The number of hydrogen-bond acceptors (Lipinski definition) is 4. The first kappa shape index (κ1) is 18.2. The van der Waals surface area contributed by atoms with Gasteiger partial charge in [0.2, 0.25) is 5.78 Å². The van der Waals surface area contributed by atoms with Crippen LogP contribution in [0.5, 0.6) is 5.75 Å². The summed E-state index contributed by atoms with van der Waals surface area (Å²) in [6, 6.07) is 15.4. The maximum absolute atomic E-state index is 13.3. The summed E-state index contributed by atoms with van der Waals surface area (Å²) in [6.07, 6.45) is 1.91. The molecule has 0 unspecified atom stereocenters. The van der Waals surface area contributed by atoms with Crippen LogP contribution < -0.4 is 4.74 Å². The van der Waals surface area contributed by atoms with Crippen molar-refractivity contribution in [3.05, 3.63) is 93.0 Å². The molecular weight excluding hydrogens is 448 g/mol. The molecule has 0 saturated heterocycles. The summed E-state index contributed by atoms with van der Waals surface area (Å²) in [6.45, 7) is 5.99. The highest BCUT2D eigenvalue weighted by molar-refractivity contribution is 9.10. The van der Waals surface area contributed by atoms with Crippen LogP contribution in [0.4, 0.5) is 0 Å². The monoisotopic (exact) mass is 462 g/mol. The molecule has 5 rings (SSSR count). The molecule has 2 aromatic heterocycles. The van der Waals surface area contributed by atoms with Gasteiger partial charge in [0.1, 0.15) is 17.1 Å². The molecule has 0 N–H and O–H groups in total. The Balaban J connectivity index is 1.88. The molecule has 1 aliphatic rings. The Hall–Kier alpha value is -2.89. The van der Waals surface area contributed by atoms with E-state index in [1.54, 1.807) is 0 Å². The number of benzene rings is 2. The highest BCUT2D eigenvalue weighted by Gasteiger charge is 2.28. The largest absolute Gasteiger partial charge is 0.457 e. The van der Waals surface area contributed by atoms with Crippen LogP contribution in [0.3, 0.4) is 0 Å². The van der Waals surface area contributed by atoms with Crippen molar-refractivity contribution in [1.82, 2.24) is 0 Å². The van der Waals surface area contributed by atoms with Crippen LogP contribution in [0.1, 0.15) is 27.9 Å². The van der Waals surface area contributed by atoms with Gasteiger partial charge >= 0.3 is 0 Å². The minimum absolute atomic E-state index is 0.137. The third-order valence-corrected chi connectivity index (χ3v) is 6.27. The number of fused-ring (bicyclic) bond motifs is 3. The number of carbonyl (C=O) groups excluding carboxylic acids is 1. The zero-order valence-electron chi connectivity index (χ0n) is 15.5. The molecule has 0 bridgehead atoms. The Morgan fingerprint density at radius 3 is 2.76 bits per heavy atom. The van der Waals surface area contributed by atoms with E-state index < -0.39 is 0 Å². The van der Waals surface area contributed by atoms with Crippen LogP contribution in [0.15, 0.2) is 81.2 Å². The first-order valence-electron chi connectivity index (χ1n) is 9.02. The Morgan fingerprint density at radius 2 is 2.00 bits per heavy atom. The molecule has 142 valence electrons. The van der Waals surface area contributed by atoms with Crippen molar-refractivity contribution in [3.63, 3.8) is 0 Å². The molecule has 29 heavy (non-hydrogen) atoms. The molecule has 0 fully saturated rings. The molecule has 3 nitrogen and oxygen atoms in total. The van der Waals surface area contributed by atoms with Crippen molar-refractivity contribution >= 4 is 49.6 Å². The van der Waals surface area contributed by atoms with Crippen LogP contribution in [0, 0.1) is 0 Å². The fraction of sp³-hybridized carbons (Fsp3) is 0.0417. The van der Waals surface area contributed by atoms with Crippen molar-refractivity contribution in [2.75, 3.05) is 0 Å². The number of halogens is 1. The predicted octanol–water partition coefficient (Wildman–Crippen LogP) is 7.46. The average molecular weight is 463 g/mol. The number of thiophene rings is 1. The van der Waals surface area contributed by atoms with E-state index in [9.17, 15) is 4.79 Å². The summed E-state index contributed by atoms with van der Waals surface area (Å²) >= 11 is 4.94. The molecule has 0 radical (unpaired) electrons. The Morgan fingerprint density at radius 1 is 1.14 bits per heavy atom. The quantitative estimate of drug-likeness (QED) is 0.296. The molecule has 0 spiro atoms. The number of rotatable bonds is 3. The van der Waals surface area contributed by atoms with Crippen LogP contribution in [0.2, 0.25) is 0 Å². The number of ketones is 1. The van der Waals surface area contributed by atoms with Crippen LogP contribution in [-0.4, -0.2) is 5.78 Å². The third kappa shape index (κ3) is 2.98. The number of hydrogen-bond donors (Lipinski definition) is 0. The molecular formula is C24H15BrO3S. The molecule has 0 amide bonds. The van der Waals surface area contributed by atoms with Gasteiger partial charge in [0.05, 0.1) is 10.3 Å². The smallest absolute Gasteiger partial charge is 0.238 e. The van der Waals surface area contributed by atoms with Gasteiger partial charge in [-0.25, -0.2) is 0 Å². The van der Waals surface area contributed by atoms with Gasteiger partial charge in [-0.2, -0.15) is 0 Å². The molecule has 0 saturated carbocycles. The fourth-order valence-corrected chi connectivity index (χ4v) is 4.72. The summed E-state index contributed by atoms with van der Waals surface area (Å²) in [7, 11) is 0. The average Bonchev–Trinajstić information content (AvgIpc) is 3.35. The summed E-state index contributed by atoms with van der Waals surface area (Å²) in [5, 5.41) is 2.67. The normalized spacial score (nSPS) is 13.2. The van der Waals surface area contributed by atoms with Crippen molar-refractivity contribution in [3.8, 4) is 16.9 Å². The zero-order valence-corrected chi connectivity index (χ0v) is 17.9. The number of carbonyl (C=O) groups is 1. The zero-order chi connectivity index (χ0) is 20.1. The molecule has 4 aromatic rings. The van der Waals surface area contributed by atoms with Crippen molar-refractivity contribution < 1.29 is 13.9 Å². The lowest BCUT2D eigenvalue weighted by Gasteiger charge is -2.19. The van der Waals surface area contributed by atoms with E-state index in [2.05, 4.69) is 22.5 Å². The SMILES string of the molecule is C=C1C=C(C)c2ccc3oc(C(=O)c4cccs4)c(-c4cccc(Br)c4)c3c2O1. The summed E-state index contributed by atoms with van der Waals surface area (Å²) in [4.78, 5) is 13.9. The van der Waals surface area contributed by atoms with E-state index >= 15 is 0 Å². The predicted molar refractivity (Wildman–Crippen MR) is 121 cm³/mol. The van der Waals surface area contributed by atoms with E-state index in [-0.39, 0.29) is 5.78 Å². The lowest BCUT2D eigenvalue weighted by atomic mass is 9.95. The minimum Gasteiger partial charge on any atom is -0.457 e. The maximum Gasteiger partial charge on any atom is 0.238 e. The highest BCUT2D eigenvalue weighted by atomic mass is 79.9. The van der Waals surface area contributed by atoms with E-state index in [0.717, 1.165) is 32.1 Å². The second-order valence-electron chi connectivity index (χ2n) is 6.83. The van der Waals surface area contributed by atoms with Crippen LogP contribution in [-0.2, 0) is 0 Å². The van der Waals surface area contributed by atoms with Gasteiger partial charge in [-0.3, -0.25) is 4.79 Å². The van der Waals surface area contributed by atoms with Crippen LogP contribution in [0.25, 0.3) is 27.7 Å². The summed E-state index contributed by atoms with van der Waals surface area (Å²) in [5.74, 6) is 1.42. The number of allylic oxidation sites excluding steroid dienone is 2. The van der Waals surface area contributed by atoms with Gasteiger partial charge in [0, 0.05) is 15.6 Å². The van der Waals surface area contributed by atoms with E-state index in [1.165, 1.54) is 11.3 Å². The molecule has 2 aromatic carbocycles. The van der Waals surface area contributed by atoms with Gasteiger partial charge in [0.25, 0.3) is 0 Å². The van der Waals surface area contributed by atoms with Gasteiger partial charge in [-0.1, -0.05) is 40.7 Å². The topological polar surface area (TPSA) is 39.4 Å². The van der Waals surface area contributed by atoms with Crippen LogP contribution >= 0.6 is 27.3 Å². The van der Waals surface area contributed by atoms with E-state index in [0.29, 0.717) is 27.7 Å². The minimum atomic E-state index is -0.137. The number of ether oxygens (including phenoxy) is 1. The van der Waals surface area contributed by atoms with Crippen molar-refractivity contribution in [2.24, 2.45) is 0 Å². The van der Waals surface area contributed by atoms with Gasteiger partial charge in [0.15, 0.2) is 5.76 Å². The first-order chi connectivity index (χ1) is 14.0. The molecule has 1 aliphatic heterocycles. The lowest BCUT2D eigenvalue weighted by Crippen LogP contribution is -2.02. The van der Waals surface area contributed by atoms with E-state index in [4.69, 9.17) is 9.15 Å². The summed E-state index contributed by atoms with van der Waals surface area (Å²) in [5.41, 5.74) is 4.26. The lowest BCUT2D eigenvalue weighted by molar-refractivity contribution is 0.102. The second kappa shape index (κ2) is 6.87. The second-order valence-corrected chi connectivity index (χ2v) is 8.70. The standard InChI is InChI=1S/C24H15BrO3S/c1-13-11-14(2)27-23-17(13)8-9-18-21(23)20(15-5-3-6-16(25)12-15)24(28-18)22(26)19-7-4-10-29-19/h3-12H,2H2,1H3. The number of furan rings is 1. The van der Waals surface area contributed by atoms with Crippen molar-refractivity contribution in [1.29, 1.82) is 0 Å². The molecule has 3 heterocycles. The molecule has 0 atom stereocenters. The highest BCUT2D eigenvalue weighted by Crippen LogP contribution is 2.46. The maximum atomic E-state index is 13.3. The fourth-order valence-electron chi connectivity index (χ4n) is 3.66. The van der Waals surface area contributed by atoms with Crippen molar-refractivity contribution in [2.45, 2.75) is 6.92 Å². The molecule has 5 heteroatoms. The Labute approximate surface area is 180 Å². The van der Waals surface area contributed by atoms with Gasteiger partial charge in [-0.05, 0) is 59.8 Å². The summed E-state index contributed by atoms with van der Waals surface area (Å²) < 4.78 is 13.1. The molecule has 0 aliphatic carbocycles. The Bertz CT molecular complexity index is 1330.